The fourth-order valence-electron chi connectivity index (χ4n) is 1.10. The summed E-state index contributed by atoms with van der Waals surface area (Å²) in [6, 6.07) is 1.45. The maximum atomic E-state index is 10.6. The molecule has 0 atom stereocenters. The summed E-state index contributed by atoms with van der Waals surface area (Å²) in [6.45, 7) is 3.41. The number of carboxylic acid groups (broad SMARTS) is 1. The maximum absolute atomic E-state index is 10.6. The van der Waals surface area contributed by atoms with E-state index in [1.54, 1.807) is 13.8 Å². The molecular weight excluding hydrogens is 170 g/mol. The number of aromatic carboxylic acids is 1. The van der Waals surface area contributed by atoms with Gasteiger partial charge in [-0.15, -0.1) is 0 Å². The lowest BCUT2D eigenvalue weighted by molar-refractivity contribution is 0.0697. The molecule has 0 bridgehead atoms. The Balaban J connectivity index is 3.50. The number of carboxylic acids is 1. The molecule has 1 rings (SSSR count). The van der Waals surface area contributed by atoms with Crippen LogP contribution < -0.4 is 5.73 Å². The van der Waals surface area contributed by atoms with Gasteiger partial charge in [0.15, 0.2) is 0 Å². The second-order valence-corrected chi connectivity index (χ2v) is 2.93. The van der Waals surface area contributed by atoms with Crippen LogP contribution in [-0.2, 0) is 0 Å². The van der Waals surface area contributed by atoms with Crippen LogP contribution >= 0.6 is 0 Å². The van der Waals surface area contributed by atoms with Crippen LogP contribution in [0.2, 0.25) is 0 Å². The molecule has 4 N–H and O–H groups in total. The first kappa shape index (κ1) is 9.38. The Bertz CT molecular complexity index is 372. The fourth-order valence-corrected chi connectivity index (χ4v) is 1.10. The highest BCUT2D eigenvalue weighted by Gasteiger charge is 2.14. The summed E-state index contributed by atoms with van der Waals surface area (Å²) in [4.78, 5) is 10.6. The fraction of sp³-hybridized carbons (Fsp3) is 0.222. The Kier molecular flexibility index (Phi) is 2.14. The average Bonchev–Trinajstić information content (AvgIpc) is 2.07. The van der Waals surface area contributed by atoms with Gasteiger partial charge in [0.25, 0.3) is 0 Å². The van der Waals surface area contributed by atoms with E-state index in [2.05, 4.69) is 0 Å². The lowest BCUT2D eigenvalue weighted by atomic mass is 10.0. The number of anilines is 1. The van der Waals surface area contributed by atoms with E-state index in [-0.39, 0.29) is 17.0 Å². The van der Waals surface area contributed by atoms with E-state index in [1.807, 2.05) is 0 Å². The maximum Gasteiger partial charge on any atom is 0.337 e. The van der Waals surface area contributed by atoms with Crippen molar-refractivity contribution in [2.45, 2.75) is 13.8 Å². The lowest BCUT2D eigenvalue weighted by Crippen LogP contribution is -2.04. The molecule has 4 nitrogen and oxygen atoms in total. The first-order valence-electron chi connectivity index (χ1n) is 3.77. The number of phenols is 1. The van der Waals surface area contributed by atoms with Crippen molar-refractivity contribution in [2.24, 2.45) is 0 Å². The highest BCUT2D eigenvalue weighted by atomic mass is 16.4. The van der Waals surface area contributed by atoms with Crippen molar-refractivity contribution in [3.05, 3.63) is 22.8 Å². The Labute approximate surface area is 75.6 Å². The first-order chi connectivity index (χ1) is 5.95. The molecule has 1 aromatic rings. The molecule has 0 spiro atoms. The van der Waals surface area contributed by atoms with Crippen LogP contribution in [0.15, 0.2) is 6.07 Å². The summed E-state index contributed by atoms with van der Waals surface area (Å²) >= 11 is 0. The van der Waals surface area contributed by atoms with Crippen molar-refractivity contribution in [1.29, 1.82) is 0 Å². The highest BCUT2D eigenvalue weighted by molar-refractivity contribution is 5.95. The van der Waals surface area contributed by atoms with Crippen LogP contribution in [0.25, 0.3) is 0 Å². The largest absolute Gasteiger partial charge is 0.505 e. The standard InChI is InChI=1S/C9H11NO3/c1-4-3-6(9(12)13)7(10)8(11)5(4)2/h3,11H,10H2,1-2H3,(H,12,13). The van der Waals surface area contributed by atoms with Crippen molar-refractivity contribution in [3.8, 4) is 5.75 Å². The molecule has 1 aromatic carbocycles. The third kappa shape index (κ3) is 1.42. The van der Waals surface area contributed by atoms with Crippen LogP contribution in [0.4, 0.5) is 5.69 Å². The minimum atomic E-state index is -1.13. The quantitative estimate of drug-likeness (QED) is 0.450. The van der Waals surface area contributed by atoms with Crippen LogP contribution in [0.1, 0.15) is 21.5 Å². The zero-order valence-electron chi connectivity index (χ0n) is 7.46. The van der Waals surface area contributed by atoms with E-state index in [1.165, 1.54) is 6.07 Å². The Morgan fingerprint density at radius 1 is 1.46 bits per heavy atom. The molecule has 0 heterocycles. The number of hydrogen-bond donors (Lipinski definition) is 3. The van der Waals surface area contributed by atoms with Gasteiger partial charge >= 0.3 is 5.97 Å². The summed E-state index contributed by atoms with van der Waals surface area (Å²) in [7, 11) is 0. The summed E-state index contributed by atoms with van der Waals surface area (Å²) in [5.41, 5.74) is 6.62. The van der Waals surface area contributed by atoms with Crippen LogP contribution in [0, 0.1) is 13.8 Å². The third-order valence-corrected chi connectivity index (χ3v) is 2.08. The summed E-state index contributed by atoms with van der Waals surface area (Å²) in [5, 5.41) is 18.1. The number of nitrogens with two attached hydrogens (primary N) is 1. The predicted molar refractivity (Wildman–Crippen MR) is 49.0 cm³/mol. The predicted octanol–water partition coefficient (Wildman–Crippen LogP) is 1.29. The molecule has 13 heavy (non-hydrogen) atoms. The topological polar surface area (TPSA) is 83.5 Å². The minimum absolute atomic E-state index is 0.0550. The molecule has 0 amide bonds. The van der Waals surface area contributed by atoms with Gasteiger partial charge in [0.2, 0.25) is 0 Å². The Morgan fingerprint density at radius 2 is 2.00 bits per heavy atom. The molecule has 0 aliphatic heterocycles. The van der Waals surface area contributed by atoms with Gasteiger partial charge in [0.05, 0.1) is 11.3 Å². The molecule has 0 fully saturated rings. The SMILES string of the molecule is Cc1cc(C(=O)O)c(N)c(O)c1C. The van der Waals surface area contributed by atoms with E-state index < -0.39 is 5.97 Å². The number of carbonyl (C=O) groups is 1. The van der Waals surface area contributed by atoms with Gasteiger partial charge < -0.3 is 15.9 Å². The van der Waals surface area contributed by atoms with Gasteiger partial charge in [0, 0.05) is 0 Å². The van der Waals surface area contributed by atoms with E-state index in [0.717, 1.165) is 0 Å². The molecule has 70 valence electrons. The molecular formula is C9H11NO3. The van der Waals surface area contributed by atoms with E-state index in [4.69, 9.17) is 10.8 Å². The number of aromatic hydroxyl groups is 1. The monoisotopic (exact) mass is 181 g/mol. The van der Waals surface area contributed by atoms with Crippen molar-refractivity contribution in [3.63, 3.8) is 0 Å². The van der Waals surface area contributed by atoms with Gasteiger partial charge in [-0.05, 0) is 31.0 Å². The number of rotatable bonds is 1. The number of nitrogen functional groups attached to an aromatic ring is 1. The van der Waals surface area contributed by atoms with Crippen molar-refractivity contribution < 1.29 is 15.0 Å². The summed E-state index contributed by atoms with van der Waals surface area (Å²) in [6.07, 6.45) is 0. The minimum Gasteiger partial charge on any atom is -0.505 e. The van der Waals surface area contributed by atoms with Crippen LogP contribution in [0.3, 0.4) is 0 Å². The molecule has 0 radical (unpaired) electrons. The van der Waals surface area contributed by atoms with Crippen molar-refractivity contribution in [1.82, 2.24) is 0 Å². The van der Waals surface area contributed by atoms with Crippen LogP contribution in [0.5, 0.6) is 5.75 Å². The third-order valence-electron chi connectivity index (χ3n) is 2.08. The van der Waals surface area contributed by atoms with Crippen LogP contribution in [-0.4, -0.2) is 16.2 Å². The smallest absolute Gasteiger partial charge is 0.337 e. The number of hydrogen-bond acceptors (Lipinski definition) is 3. The first-order valence-corrected chi connectivity index (χ1v) is 3.77. The summed E-state index contributed by atoms with van der Waals surface area (Å²) in [5.74, 6) is -1.27. The Morgan fingerprint density at radius 3 is 2.46 bits per heavy atom. The van der Waals surface area contributed by atoms with Gasteiger partial charge in [-0.2, -0.15) is 0 Å². The van der Waals surface area contributed by atoms with E-state index in [9.17, 15) is 9.90 Å². The molecule has 0 saturated carbocycles. The second kappa shape index (κ2) is 2.97. The molecule has 0 aromatic heterocycles. The molecule has 0 aliphatic carbocycles. The van der Waals surface area contributed by atoms with E-state index >= 15 is 0 Å². The molecule has 0 unspecified atom stereocenters. The zero-order chi connectivity index (χ0) is 10.2. The van der Waals surface area contributed by atoms with Gasteiger partial charge in [0.1, 0.15) is 5.75 Å². The van der Waals surface area contributed by atoms with Crippen molar-refractivity contribution >= 4 is 11.7 Å². The highest BCUT2D eigenvalue weighted by Crippen LogP contribution is 2.30. The number of phenolic OH excluding ortho intramolecular Hbond substituents is 1. The van der Waals surface area contributed by atoms with Crippen molar-refractivity contribution in [2.75, 3.05) is 5.73 Å². The van der Waals surface area contributed by atoms with Gasteiger partial charge in [-0.1, -0.05) is 0 Å². The number of benzene rings is 1. The van der Waals surface area contributed by atoms with E-state index in [0.29, 0.717) is 11.1 Å². The summed E-state index contributed by atoms with van der Waals surface area (Å²) < 4.78 is 0. The van der Waals surface area contributed by atoms with Gasteiger partial charge in [-0.3, -0.25) is 0 Å². The Hall–Kier alpha value is -1.71. The van der Waals surface area contributed by atoms with Gasteiger partial charge in [-0.25, -0.2) is 4.79 Å². The molecule has 0 aliphatic rings. The normalized spacial score (nSPS) is 10.0. The zero-order valence-corrected chi connectivity index (χ0v) is 7.46. The molecule has 0 saturated heterocycles. The number of aryl methyl sites for hydroxylation is 1. The second-order valence-electron chi connectivity index (χ2n) is 2.93. The molecule has 4 heteroatoms. The average molecular weight is 181 g/mol. The lowest BCUT2D eigenvalue weighted by Gasteiger charge is -2.09.